The molecule has 0 aromatic carbocycles. The highest BCUT2D eigenvalue weighted by molar-refractivity contribution is 4.96. The van der Waals surface area contributed by atoms with Crippen LogP contribution in [-0.4, -0.2) is 43.3 Å². The Hall–Kier alpha value is -0.160. The Morgan fingerprint density at radius 3 is 2.24 bits per heavy atom. The quantitative estimate of drug-likeness (QED) is 0.772. The molecular formula is C13H23NO3. The van der Waals surface area contributed by atoms with E-state index in [1.807, 2.05) is 0 Å². The van der Waals surface area contributed by atoms with Gasteiger partial charge >= 0.3 is 0 Å². The molecule has 98 valence electrons. The molecule has 3 fully saturated rings. The lowest BCUT2D eigenvalue weighted by atomic mass is 9.89. The zero-order valence-electron chi connectivity index (χ0n) is 10.4. The highest BCUT2D eigenvalue weighted by Gasteiger charge is 2.44. The Labute approximate surface area is 103 Å². The molecule has 0 aromatic heterocycles. The zero-order valence-corrected chi connectivity index (χ0v) is 10.4. The van der Waals surface area contributed by atoms with E-state index in [1.54, 1.807) is 0 Å². The predicted octanol–water partition coefficient (Wildman–Crippen LogP) is 1.03. The average Bonchev–Trinajstić information content (AvgIpc) is 3.03. The van der Waals surface area contributed by atoms with Gasteiger partial charge in [-0.3, -0.25) is 0 Å². The van der Waals surface area contributed by atoms with Crippen molar-refractivity contribution < 1.29 is 14.6 Å². The number of aliphatic hydroxyl groups is 1. The summed E-state index contributed by atoms with van der Waals surface area (Å²) in [5.74, 6) is -0.244. The maximum absolute atomic E-state index is 9.27. The Balaban J connectivity index is 1.42. The molecule has 3 rings (SSSR count). The van der Waals surface area contributed by atoms with Crippen LogP contribution in [0.1, 0.15) is 38.5 Å². The zero-order chi connectivity index (χ0) is 11.8. The van der Waals surface area contributed by atoms with Gasteiger partial charge in [-0.05, 0) is 25.7 Å². The highest BCUT2D eigenvalue weighted by atomic mass is 16.7. The fourth-order valence-electron chi connectivity index (χ4n) is 2.98. The van der Waals surface area contributed by atoms with E-state index < -0.39 is 0 Å². The predicted molar refractivity (Wildman–Crippen MR) is 63.6 cm³/mol. The summed E-state index contributed by atoms with van der Waals surface area (Å²) in [6.07, 6.45) is 6.63. The first-order chi connectivity index (χ1) is 8.26. The first kappa shape index (κ1) is 11.9. The van der Waals surface area contributed by atoms with Crippen molar-refractivity contribution in [1.29, 1.82) is 0 Å². The van der Waals surface area contributed by atoms with Crippen LogP contribution in [0.4, 0.5) is 0 Å². The third-order valence-corrected chi connectivity index (χ3v) is 4.62. The fraction of sp³-hybridized carbons (Fsp3) is 1.00. The van der Waals surface area contributed by atoms with Crippen LogP contribution in [0.2, 0.25) is 0 Å². The monoisotopic (exact) mass is 241 g/mol. The second kappa shape index (κ2) is 4.50. The van der Waals surface area contributed by atoms with Crippen LogP contribution in [0.15, 0.2) is 0 Å². The summed E-state index contributed by atoms with van der Waals surface area (Å²) in [6, 6.07) is 0.581. The smallest absolute Gasteiger partial charge is 0.168 e. The molecule has 0 atom stereocenters. The van der Waals surface area contributed by atoms with Crippen molar-refractivity contribution >= 4 is 0 Å². The molecule has 0 bridgehead atoms. The van der Waals surface area contributed by atoms with Crippen molar-refractivity contribution in [3.8, 4) is 0 Å². The molecular weight excluding hydrogens is 218 g/mol. The lowest BCUT2D eigenvalue weighted by Crippen LogP contribution is -2.43. The lowest BCUT2D eigenvalue weighted by Gasteiger charge is -2.36. The topological polar surface area (TPSA) is 50.7 Å². The van der Waals surface area contributed by atoms with Crippen molar-refractivity contribution in [2.45, 2.75) is 50.4 Å². The van der Waals surface area contributed by atoms with Gasteiger partial charge in [0.2, 0.25) is 0 Å². The summed E-state index contributed by atoms with van der Waals surface area (Å²) < 4.78 is 11.4. The van der Waals surface area contributed by atoms with Crippen molar-refractivity contribution in [3.05, 3.63) is 0 Å². The summed E-state index contributed by atoms with van der Waals surface area (Å²) in [7, 11) is 0. The summed E-state index contributed by atoms with van der Waals surface area (Å²) in [5.41, 5.74) is 0.218. The van der Waals surface area contributed by atoms with Gasteiger partial charge in [0.15, 0.2) is 5.79 Å². The number of ether oxygens (including phenoxy) is 2. The van der Waals surface area contributed by atoms with Gasteiger partial charge in [-0.25, -0.2) is 0 Å². The normalized spacial score (nSPS) is 30.9. The molecule has 2 aliphatic carbocycles. The van der Waals surface area contributed by atoms with Crippen LogP contribution in [0, 0.1) is 5.41 Å². The first-order valence-corrected chi connectivity index (χ1v) is 6.88. The number of hydrogen-bond donors (Lipinski definition) is 2. The lowest BCUT2D eigenvalue weighted by molar-refractivity contribution is -0.179. The van der Waals surface area contributed by atoms with E-state index in [1.165, 1.54) is 12.8 Å². The van der Waals surface area contributed by atoms with Gasteiger partial charge in [0, 0.05) is 37.5 Å². The van der Waals surface area contributed by atoms with Gasteiger partial charge < -0.3 is 19.9 Å². The SMILES string of the molecule is OCC1(CNC2CCC3(CC2)OCCO3)CC1. The maximum Gasteiger partial charge on any atom is 0.168 e. The fourth-order valence-corrected chi connectivity index (χ4v) is 2.98. The van der Waals surface area contributed by atoms with Crippen LogP contribution in [-0.2, 0) is 9.47 Å². The highest BCUT2D eigenvalue weighted by Crippen LogP contribution is 2.44. The first-order valence-electron chi connectivity index (χ1n) is 6.88. The summed E-state index contributed by atoms with van der Waals surface area (Å²) in [5, 5.41) is 12.9. The Bertz CT molecular complexity index is 262. The molecule has 0 unspecified atom stereocenters. The Morgan fingerprint density at radius 1 is 1.06 bits per heavy atom. The molecule has 1 heterocycles. The Kier molecular flexibility index (Phi) is 3.15. The van der Waals surface area contributed by atoms with Gasteiger partial charge in [0.1, 0.15) is 0 Å². The largest absolute Gasteiger partial charge is 0.396 e. The minimum atomic E-state index is -0.244. The Morgan fingerprint density at radius 2 is 1.71 bits per heavy atom. The number of rotatable bonds is 4. The minimum Gasteiger partial charge on any atom is -0.396 e. The molecule has 3 aliphatic rings. The molecule has 17 heavy (non-hydrogen) atoms. The molecule has 0 aromatic rings. The average molecular weight is 241 g/mol. The van der Waals surface area contributed by atoms with E-state index in [4.69, 9.17) is 9.47 Å². The molecule has 1 saturated heterocycles. The standard InChI is InChI=1S/C13H23NO3/c15-10-12(5-6-12)9-14-11-1-3-13(4-2-11)16-7-8-17-13/h11,14-15H,1-10H2. The van der Waals surface area contributed by atoms with E-state index in [0.717, 1.165) is 45.4 Å². The van der Waals surface area contributed by atoms with E-state index >= 15 is 0 Å². The second-order valence-corrected chi connectivity index (χ2v) is 5.92. The van der Waals surface area contributed by atoms with Crippen LogP contribution >= 0.6 is 0 Å². The molecule has 2 N–H and O–H groups in total. The van der Waals surface area contributed by atoms with Crippen molar-refractivity contribution in [1.82, 2.24) is 5.32 Å². The van der Waals surface area contributed by atoms with Crippen LogP contribution in [0.5, 0.6) is 0 Å². The molecule has 1 spiro atoms. The molecule has 0 radical (unpaired) electrons. The van der Waals surface area contributed by atoms with Crippen molar-refractivity contribution in [2.24, 2.45) is 5.41 Å². The van der Waals surface area contributed by atoms with E-state index in [2.05, 4.69) is 5.32 Å². The van der Waals surface area contributed by atoms with Crippen LogP contribution < -0.4 is 5.32 Å². The van der Waals surface area contributed by atoms with E-state index in [0.29, 0.717) is 12.6 Å². The number of nitrogens with one attached hydrogen (secondary N) is 1. The van der Waals surface area contributed by atoms with Gasteiger partial charge in [0.05, 0.1) is 13.2 Å². The molecule has 1 aliphatic heterocycles. The number of aliphatic hydroxyl groups excluding tert-OH is 1. The van der Waals surface area contributed by atoms with Crippen molar-refractivity contribution in [2.75, 3.05) is 26.4 Å². The van der Waals surface area contributed by atoms with Gasteiger partial charge in [-0.2, -0.15) is 0 Å². The van der Waals surface area contributed by atoms with Gasteiger partial charge in [0.25, 0.3) is 0 Å². The van der Waals surface area contributed by atoms with Gasteiger partial charge in [-0.1, -0.05) is 0 Å². The number of hydrogen-bond acceptors (Lipinski definition) is 4. The van der Waals surface area contributed by atoms with E-state index in [-0.39, 0.29) is 11.2 Å². The molecule has 2 saturated carbocycles. The van der Waals surface area contributed by atoms with Gasteiger partial charge in [-0.15, -0.1) is 0 Å². The summed E-state index contributed by atoms with van der Waals surface area (Å²) in [6.45, 7) is 2.82. The van der Waals surface area contributed by atoms with E-state index in [9.17, 15) is 5.11 Å². The summed E-state index contributed by atoms with van der Waals surface area (Å²) in [4.78, 5) is 0. The maximum atomic E-state index is 9.27. The molecule has 4 nitrogen and oxygen atoms in total. The third-order valence-electron chi connectivity index (χ3n) is 4.62. The van der Waals surface area contributed by atoms with Crippen molar-refractivity contribution in [3.63, 3.8) is 0 Å². The molecule has 0 amide bonds. The van der Waals surface area contributed by atoms with Crippen LogP contribution in [0.3, 0.4) is 0 Å². The summed E-state index contributed by atoms with van der Waals surface area (Å²) >= 11 is 0. The molecule has 4 heteroatoms. The second-order valence-electron chi connectivity index (χ2n) is 5.92. The van der Waals surface area contributed by atoms with Crippen LogP contribution in [0.25, 0.3) is 0 Å². The third kappa shape index (κ3) is 2.50. The minimum absolute atomic E-state index is 0.218.